The summed E-state index contributed by atoms with van der Waals surface area (Å²) in [5, 5.41) is 1.96. The fourth-order valence-electron chi connectivity index (χ4n) is 1.90. The smallest absolute Gasteiger partial charge is 0.214 e. The standard InChI is InChI=1S/C11H18N2O3S2.ClH/c12-8-10-9-13(4-5-16-10)18(14,15)7-3-11-2-1-6-17-11;/h1-2,6,10H,3-5,7-9,12H2;1H. The number of nitrogens with two attached hydrogens (primary N) is 1. The maximum absolute atomic E-state index is 12.2. The molecule has 2 rings (SSSR count). The minimum absolute atomic E-state index is 0. The summed E-state index contributed by atoms with van der Waals surface area (Å²) in [4.78, 5) is 1.10. The average molecular weight is 327 g/mol. The first kappa shape index (κ1) is 16.9. The molecule has 1 saturated heterocycles. The zero-order valence-electron chi connectivity index (χ0n) is 10.5. The van der Waals surface area contributed by atoms with Crippen molar-refractivity contribution >= 4 is 33.8 Å². The number of morpholine rings is 1. The molecule has 1 atom stereocenters. The summed E-state index contributed by atoms with van der Waals surface area (Å²) in [6, 6.07) is 3.90. The molecule has 1 aromatic heterocycles. The van der Waals surface area contributed by atoms with Gasteiger partial charge < -0.3 is 10.5 Å². The number of rotatable bonds is 5. The van der Waals surface area contributed by atoms with E-state index in [0.717, 1.165) is 4.88 Å². The molecule has 0 saturated carbocycles. The Balaban J connectivity index is 0.00000180. The van der Waals surface area contributed by atoms with Crippen molar-refractivity contribution in [2.75, 3.05) is 32.0 Å². The Labute approximate surface area is 124 Å². The van der Waals surface area contributed by atoms with E-state index in [2.05, 4.69) is 0 Å². The van der Waals surface area contributed by atoms with Crippen molar-refractivity contribution in [2.24, 2.45) is 5.73 Å². The largest absolute Gasteiger partial charge is 0.374 e. The third kappa shape index (κ3) is 4.70. The molecule has 2 heterocycles. The van der Waals surface area contributed by atoms with E-state index in [4.69, 9.17) is 10.5 Å². The van der Waals surface area contributed by atoms with E-state index in [1.165, 1.54) is 4.31 Å². The minimum Gasteiger partial charge on any atom is -0.374 e. The van der Waals surface area contributed by atoms with Crippen LogP contribution in [0.4, 0.5) is 0 Å². The normalized spacial score (nSPS) is 21.0. The second-order valence-corrected chi connectivity index (χ2v) is 7.35. The highest BCUT2D eigenvalue weighted by Gasteiger charge is 2.28. The SMILES string of the molecule is Cl.NCC1CN(S(=O)(=O)CCc2cccs2)CCO1. The predicted molar refractivity (Wildman–Crippen MR) is 79.4 cm³/mol. The summed E-state index contributed by atoms with van der Waals surface area (Å²) in [6.45, 7) is 1.60. The van der Waals surface area contributed by atoms with Crippen LogP contribution in [0.15, 0.2) is 17.5 Å². The lowest BCUT2D eigenvalue weighted by Gasteiger charge is -2.31. The second-order valence-electron chi connectivity index (χ2n) is 4.23. The van der Waals surface area contributed by atoms with Crippen LogP contribution in [0.1, 0.15) is 4.88 Å². The molecule has 0 radical (unpaired) electrons. The van der Waals surface area contributed by atoms with Gasteiger partial charge in [0, 0.05) is 24.5 Å². The molecule has 0 aliphatic carbocycles. The summed E-state index contributed by atoms with van der Waals surface area (Å²) in [5.74, 6) is 0.158. The summed E-state index contributed by atoms with van der Waals surface area (Å²) in [5.41, 5.74) is 5.52. The third-order valence-electron chi connectivity index (χ3n) is 2.94. The van der Waals surface area contributed by atoms with Gasteiger partial charge in [-0.25, -0.2) is 8.42 Å². The van der Waals surface area contributed by atoms with E-state index >= 15 is 0 Å². The van der Waals surface area contributed by atoms with Crippen molar-refractivity contribution in [2.45, 2.75) is 12.5 Å². The lowest BCUT2D eigenvalue weighted by atomic mass is 10.3. The molecular weight excluding hydrogens is 308 g/mol. The summed E-state index contributed by atoms with van der Waals surface area (Å²) < 4.78 is 31.2. The topological polar surface area (TPSA) is 72.6 Å². The Kier molecular flexibility index (Phi) is 6.72. The third-order valence-corrected chi connectivity index (χ3v) is 5.72. The maximum Gasteiger partial charge on any atom is 0.214 e. The highest BCUT2D eigenvalue weighted by atomic mass is 35.5. The highest BCUT2D eigenvalue weighted by molar-refractivity contribution is 7.89. The van der Waals surface area contributed by atoms with Gasteiger partial charge in [0.2, 0.25) is 10.0 Å². The number of aryl methyl sites for hydroxylation is 1. The summed E-state index contributed by atoms with van der Waals surface area (Å²) in [7, 11) is -3.20. The maximum atomic E-state index is 12.2. The van der Waals surface area contributed by atoms with Gasteiger partial charge in [0.15, 0.2) is 0 Å². The lowest BCUT2D eigenvalue weighted by Crippen LogP contribution is -2.48. The van der Waals surface area contributed by atoms with Gasteiger partial charge in [0.1, 0.15) is 0 Å². The number of thiophene rings is 1. The molecule has 0 spiro atoms. The fraction of sp³-hybridized carbons (Fsp3) is 0.636. The highest BCUT2D eigenvalue weighted by Crippen LogP contribution is 2.14. The first-order chi connectivity index (χ1) is 8.62. The Hall–Kier alpha value is -0.180. The van der Waals surface area contributed by atoms with Crippen LogP contribution in [0.5, 0.6) is 0 Å². The van der Waals surface area contributed by atoms with Crippen LogP contribution < -0.4 is 5.73 Å². The van der Waals surface area contributed by atoms with Gasteiger partial charge >= 0.3 is 0 Å². The van der Waals surface area contributed by atoms with E-state index in [1.54, 1.807) is 11.3 Å². The molecule has 0 bridgehead atoms. The molecule has 1 aromatic rings. The van der Waals surface area contributed by atoms with Crippen molar-refractivity contribution in [3.05, 3.63) is 22.4 Å². The number of hydrogen-bond acceptors (Lipinski definition) is 5. The molecular formula is C11H19ClN2O3S2. The average Bonchev–Trinajstić information content (AvgIpc) is 2.90. The molecule has 1 unspecified atom stereocenters. The molecule has 0 aromatic carbocycles. The van der Waals surface area contributed by atoms with E-state index in [9.17, 15) is 8.42 Å². The molecule has 2 N–H and O–H groups in total. The Morgan fingerprint density at radius 2 is 2.32 bits per heavy atom. The van der Waals surface area contributed by atoms with Crippen molar-refractivity contribution < 1.29 is 13.2 Å². The van der Waals surface area contributed by atoms with Gasteiger partial charge in [-0.05, 0) is 17.9 Å². The van der Waals surface area contributed by atoms with E-state index in [0.29, 0.717) is 32.7 Å². The second kappa shape index (κ2) is 7.56. The molecule has 19 heavy (non-hydrogen) atoms. The Morgan fingerprint density at radius 1 is 1.53 bits per heavy atom. The van der Waals surface area contributed by atoms with Crippen LogP contribution in [0.3, 0.4) is 0 Å². The van der Waals surface area contributed by atoms with Gasteiger partial charge in [-0.1, -0.05) is 6.07 Å². The monoisotopic (exact) mass is 326 g/mol. The molecule has 110 valence electrons. The zero-order valence-corrected chi connectivity index (χ0v) is 13.0. The van der Waals surface area contributed by atoms with Crippen LogP contribution >= 0.6 is 23.7 Å². The molecule has 5 nitrogen and oxygen atoms in total. The minimum atomic E-state index is -3.20. The van der Waals surface area contributed by atoms with Gasteiger partial charge in [0.25, 0.3) is 0 Å². The van der Waals surface area contributed by atoms with Gasteiger partial charge in [-0.15, -0.1) is 23.7 Å². The van der Waals surface area contributed by atoms with Gasteiger partial charge in [-0.2, -0.15) is 4.31 Å². The van der Waals surface area contributed by atoms with Crippen LogP contribution in [0.2, 0.25) is 0 Å². The molecule has 8 heteroatoms. The first-order valence-electron chi connectivity index (χ1n) is 5.93. The van der Waals surface area contributed by atoms with Crippen molar-refractivity contribution in [3.8, 4) is 0 Å². The summed E-state index contributed by atoms with van der Waals surface area (Å²) in [6.07, 6.45) is 0.403. The fourth-order valence-corrected chi connectivity index (χ4v) is 4.22. The van der Waals surface area contributed by atoms with Crippen molar-refractivity contribution in [1.82, 2.24) is 4.31 Å². The van der Waals surface area contributed by atoms with Gasteiger partial charge in [0.05, 0.1) is 18.5 Å². The quantitative estimate of drug-likeness (QED) is 0.864. The zero-order chi connectivity index (χ0) is 13.0. The molecule has 1 fully saturated rings. The Bertz CT molecular complexity index is 464. The first-order valence-corrected chi connectivity index (χ1v) is 8.42. The van der Waals surface area contributed by atoms with Crippen LogP contribution in [0, 0.1) is 0 Å². The van der Waals surface area contributed by atoms with Crippen LogP contribution in [-0.4, -0.2) is 50.8 Å². The van der Waals surface area contributed by atoms with Crippen molar-refractivity contribution in [3.63, 3.8) is 0 Å². The number of sulfonamides is 1. The molecule has 1 aliphatic heterocycles. The Morgan fingerprint density at radius 3 is 2.95 bits per heavy atom. The molecule has 0 amide bonds. The summed E-state index contributed by atoms with van der Waals surface area (Å²) >= 11 is 1.59. The number of nitrogens with zero attached hydrogens (tertiary/aromatic N) is 1. The van der Waals surface area contributed by atoms with Gasteiger partial charge in [-0.3, -0.25) is 0 Å². The van der Waals surface area contributed by atoms with Crippen molar-refractivity contribution in [1.29, 1.82) is 0 Å². The van der Waals surface area contributed by atoms with E-state index < -0.39 is 10.0 Å². The van der Waals surface area contributed by atoms with Crippen LogP contribution in [0.25, 0.3) is 0 Å². The van der Waals surface area contributed by atoms with E-state index in [-0.39, 0.29) is 24.3 Å². The number of ether oxygens (including phenoxy) is 1. The predicted octanol–water partition coefficient (Wildman–Crippen LogP) is 0.702. The number of hydrogen-bond donors (Lipinski definition) is 1. The van der Waals surface area contributed by atoms with E-state index in [1.807, 2.05) is 17.5 Å². The number of halogens is 1. The van der Waals surface area contributed by atoms with Crippen LogP contribution in [-0.2, 0) is 21.2 Å². The lowest BCUT2D eigenvalue weighted by molar-refractivity contribution is 0.00453. The molecule has 1 aliphatic rings.